The summed E-state index contributed by atoms with van der Waals surface area (Å²) in [5.41, 5.74) is 2.44. The van der Waals surface area contributed by atoms with E-state index in [4.69, 9.17) is 0 Å². The van der Waals surface area contributed by atoms with Crippen molar-refractivity contribution in [3.05, 3.63) is 39.7 Å². The highest BCUT2D eigenvalue weighted by atomic mass is 16.3. The van der Waals surface area contributed by atoms with Crippen molar-refractivity contribution in [2.45, 2.75) is 13.8 Å². The van der Waals surface area contributed by atoms with Crippen molar-refractivity contribution in [2.75, 3.05) is 0 Å². The highest BCUT2D eigenvalue weighted by Crippen LogP contribution is 2.25. The van der Waals surface area contributed by atoms with Crippen molar-refractivity contribution >= 4 is 10.9 Å². The van der Waals surface area contributed by atoms with Crippen LogP contribution in [0, 0.1) is 13.8 Å². The van der Waals surface area contributed by atoms with Crippen LogP contribution in [-0.4, -0.2) is 10.1 Å². The van der Waals surface area contributed by atoms with Gasteiger partial charge in [-0.3, -0.25) is 4.79 Å². The zero-order valence-corrected chi connectivity index (χ0v) is 8.09. The van der Waals surface area contributed by atoms with E-state index in [1.54, 1.807) is 0 Å². The Hall–Kier alpha value is -1.77. The average Bonchev–Trinajstić information content (AvgIpc) is 1.99. The van der Waals surface area contributed by atoms with Gasteiger partial charge in [0.1, 0.15) is 5.75 Å². The monoisotopic (exact) mass is 189 g/mol. The van der Waals surface area contributed by atoms with Crippen LogP contribution in [0.5, 0.6) is 5.75 Å². The second kappa shape index (κ2) is 2.87. The van der Waals surface area contributed by atoms with Gasteiger partial charge >= 0.3 is 0 Å². The molecule has 2 N–H and O–H groups in total. The number of aromatic nitrogens is 1. The van der Waals surface area contributed by atoms with Crippen LogP contribution in [0.1, 0.15) is 11.1 Å². The molecule has 0 bridgehead atoms. The summed E-state index contributed by atoms with van der Waals surface area (Å²) in [6.07, 6.45) is 0. The molecule has 0 aliphatic heterocycles. The quantitative estimate of drug-likeness (QED) is 0.664. The van der Waals surface area contributed by atoms with E-state index in [9.17, 15) is 9.90 Å². The van der Waals surface area contributed by atoms with Crippen LogP contribution in [0.4, 0.5) is 0 Å². The summed E-state index contributed by atoms with van der Waals surface area (Å²) in [5.74, 6) is 0.0428. The van der Waals surface area contributed by atoms with E-state index < -0.39 is 0 Å². The third-order valence-corrected chi connectivity index (χ3v) is 2.26. The molecule has 0 unspecified atom stereocenters. The minimum absolute atomic E-state index is 0.0428. The summed E-state index contributed by atoms with van der Waals surface area (Å²) in [7, 11) is 0. The normalized spacial score (nSPS) is 10.7. The predicted octanol–water partition coefficient (Wildman–Crippen LogP) is 1.85. The molecule has 0 amide bonds. The Labute approximate surface area is 81.0 Å². The van der Waals surface area contributed by atoms with Crippen LogP contribution in [0.15, 0.2) is 23.0 Å². The summed E-state index contributed by atoms with van der Waals surface area (Å²) in [6.45, 7) is 3.86. The fraction of sp³-hybridized carbons (Fsp3) is 0.182. The highest BCUT2D eigenvalue weighted by molar-refractivity contribution is 5.88. The minimum Gasteiger partial charge on any atom is -0.507 e. The minimum atomic E-state index is -0.278. The van der Waals surface area contributed by atoms with Crippen molar-refractivity contribution < 1.29 is 5.11 Å². The van der Waals surface area contributed by atoms with Gasteiger partial charge in [0.05, 0.1) is 5.52 Å². The second-order valence-electron chi connectivity index (χ2n) is 3.52. The van der Waals surface area contributed by atoms with Gasteiger partial charge in [-0.1, -0.05) is 6.07 Å². The van der Waals surface area contributed by atoms with E-state index in [2.05, 4.69) is 4.98 Å². The first-order valence-corrected chi connectivity index (χ1v) is 4.41. The van der Waals surface area contributed by atoms with E-state index in [0.717, 1.165) is 16.5 Å². The van der Waals surface area contributed by atoms with E-state index >= 15 is 0 Å². The number of nitrogens with one attached hydrogen (secondary N) is 1. The van der Waals surface area contributed by atoms with E-state index in [-0.39, 0.29) is 11.3 Å². The fourth-order valence-corrected chi connectivity index (χ4v) is 1.77. The van der Waals surface area contributed by atoms with E-state index in [1.807, 2.05) is 26.0 Å². The van der Waals surface area contributed by atoms with Gasteiger partial charge in [0.15, 0.2) is 0 Å². The topological polar surface area (TPSA) is 53.1 Å². The van der Waals surface area contributed by atoms with Gasteiger partial charge in [-0.2, -0.15) is 0 Å². The largest absolute Gasteiger partial charge is 0.507 e. The fourth-order valence-electron chi connectivity index (χ4n) is 1.77. The zero-order chi connectivity index (χ0) is 10.3. The molecule has 3 nitrogen and oxygen atoms in total. The summed E-state index contributed by atoms with van der Waals surface area (Å²) in [5, 5.41) is 10.3. The number of rotatable bonds is 0. The van der Waals surface area contributed by atoms with Gasteiger partial charge in [-0.15, -0.1) is 0 Å². The van der Waals surface area contributed by atoms with Crippen LogP contribution in [0.25, 0.3) is 10.9 Å². The molecule has 3 heteroatoms. The Morgan fingerprint density at radius 3 is 2.64 bits per heavy atom. The van der Waals surface area contributed by atoms with E-state index in [1.165, 1.54) is 6.07 Å². The molecule has 0 saturated heterocycles. The number of benzene rings is 1. The lowest BCUT2D eigenvalue weighted by molar-refractivity contribution is 0.480. The molecule has 0 fully saturated rings. The number of H-pyrrole nitrogens is 1. The Kier molecular flexibility index (Phi) is 1.81. The Balaban J connectivity index is 3.01. The molecule has 2 rings (SSSR count). The molecular formula is C11H11NO2. The van der Waals surface area contributed by atoms with Gasteiger partial charge in [-0.25, -0.2) is 0 Å². The lowest BCUT2D eigenvalue weighted by atomic mass is 10.1. The molecule has 0 aliphatic carbocycles. The number of aromatic hydroxyl groups is 1. The lowest BCUT2D eigenvalue weighted by Crippen LogP contribution is -2.03. The number of aromatic amines is 1. The average molecular weight is 189 g/mol. The van der Waals surface area contributed by atoms with Crippen LogP contribution in [0.3, 0.4) is 0 Å². The molecular weight excluding hydrogens is 178 g/mol. The van der Waals surface area contributed by atoms with Gasteiger partial charge in [0.2, 0.25) is 0 Å². The first-order chi connectivity index (χ1) is 6.58. The van der Waals surface area contributed by atoms with Gasteiger partial charge in [0.25, 0.3) is 5.56 Å². The van der Waals surface area contributed by atoms with Crippen molar-refractivity contribution in [2.24, 2.45) is 0 Å². The number of aryl methyl sites for hydroxylation is 2. The maximum Gasteiger partial charge on any atom is 0.252 e. The first kappa shape index (κ1) is 8.81. The lowest BCUT2D eigenvalue weighted by Gasteiger charge is -2.05. The summed E-state index contributed by atoms with van der Waals surface area (Å²) < 4.78 is 0. The van der Waals surface area contributed by atoms with Crippen molar-refractivity contribution in [1.82, 2.24) is 4.98 Å². The van der Waals surface area contributed by atoms with Crippen molar-refractivity contribution in [1.29, 1.82) is 0 Å². The van der Waals surface area contributed by atoms with Crippen LogP contribution >= 0.6 is 0 Å². The van der Waals surface area contributed by atoms with Crippen molar-refractivity contribution in [3.63, 3.8) is 0 Å². The van der Waals surface area contributed by atoms with Crippen LogP contribution < -0.4 is 5.56 Å². The first-order valence-electron chi connectivity index (χ1n) is 4.41. The highest BCUT2D eigenvalue weighted by Gasteiger charge is 2.05. The SMILES string of the molecule is Cc1cc(C)c2c(O)cc(=O)[nH]c2c1. The van der Waals surface area contributed by atoms with Crippen molar-refractivity contribution in [3.8, 4) is 5.75 Å². The number of hydrogen-bond donors (Lipinski definition) is 2. The standard InChI is InChI=1S/C11H11NO2/c1-6-3-7(2)11-8(4-6)12-10(14)5-9(11)13/h3-5H,1-2H3,(H2,12,13,14). The number of hydrogen-bond acceptors (Lipinski definition) is 2. The molecule has 2 aromatic rings. The molecule has 0 saturated carbocycles. The molecule has 0 radical (unpaired) electrons. The molecule has 1 aromatic carbocycles. The smallest absolute Gasteiger partial charge is 0.252 e. The summed E-state index contributed by atoms with van der Waals surface area (Å²) in [4.78, 5) is 13.8. The molecule has 0 aliphatic rings. The summed E-state index contributed by atoms with van der Waals surface area (Å²) in [6, 6.07) is 5.02. The molecule has 0 spiro atoms. The van der Waals surface area contributed by atoms with Crippen LogP contribution in [0.2, 0.25) is 0 Å². The molecule has 14 heavy (non-hydrogen) atoms. The van der Waals surface area contributed by atoms with Gasteiger partial charge in [0, 0.05) is 11.5 Å². The molecule has 0 atom stereocenters. The maximum absolute atomic E-state index is 11.1. The number of fused-ring (bicyclic) bond motifs is 1. The van der Waals surface area contributed by atoms with Gasteiger partial charge < -0.3 is 10.1 Å². The summed E-state index contributed by atoms with van der Waals surface area (Å²) >= 11 is 0. The number of pyridine rings is 1. The zero-order valence-electron chi connectivity index (χ0n) is 8.09. The third-order valence-electron chi connectivity index (χ3n) is 2.26. The molecule has 72 valence electrons. The van der Waals surface area contributed by atoms with E-state index in [0.29, 0.717) is 5.52 Å². The maximum atomic E-state index is 11.1. The second-order valence-corrected chi connectivity index (χ2v) is 3.52. The third kappa shape index (κ3) is 1.27. The Morgan fingerprint density at radius 1 is 1.21 bits per heavy atom. The van der Waals surface area contributed by atoms with Gasteiger partial charge in [-0.05, 0) is 31.0 Å². The molecule has 1 aromatic heterocycles. The molecule has 1 heterocycles. The predicted molar refractivity (Wildman–Crippen MR) is 55.7 cm³/mol. The Morgan fingerprint density at radius 2 is 1.93 bits per heavy atom. The van der Waals surface area contributed by atoms with Crippen LogP contribution in [-0.2, 0) is 0 Å². The Bertz CT molecular complexity index is 555.